The van der Waals surface area contributed by atoms with E-state index in [9.17, 15) is 10.2 Å². The molecule has 3 nitrogen and oxygen atoms in total. The van der Waals surface area contributed by atoms with Gasteiger partial charge in [-0.15, -0.1) is 0 Å². The van der Waals surface area contributed by atoms with E-state index in [1.165, 1.54) is 12.1 Å². The summed E-state index contributed by atoms with van der Waals surface area (Å²) < 4.78 is 5.90. The van der Waals surface area contributed by atoms with Gasteiger partial charge >= 0.3 is 0 Å². The summed E-state index contributed by atoms with van der Waals surface area (Å²) in [4.78, 5) is 0. The van der Waals surface area contributed by atoms with Crippen molar-refractivity contribution in [2.45, 2.75) is 21.3 Å². The third-order valence-corrected chi connectivity index (χ3v) is 3.26. The standard InChI is InChI=1S/C16H10Cl2O3.C2H6.CH4/c17-15(18)8-11-6-13(20)5-10-7-14(21-16(10)11)9-1-3-12(19)4-2-9;1-2;/h1-8,19-20H;1-2H3;1H4. The lowest BCUT2D eigenvalue weighted by atomic mass is 10.1. The van der Waals surface area contributed by atoms with E-state index in [0.717, 1.165) is 10.9 Å². The number of benzene rings is 2. The SMILES string of the molecule is C.CC.Oc1ccc(-c2cc3cc(O)cc(C=C(Cl)Cl)c3o2)cc1. The molecular formula is C19H20Cl2O3. The van der Waals surface area contributed by atoms with Crippen molar-refractivity contribution in [2.75, 3.05) is 0 Å². The van der Waals surface area contributed by atoms with Crippen LogP contribution >= 0.6 is 23.2 Å². The van der Waals surface area contributed by atoms with Gasteiger partial charge in [0, 0.05) is 16.5 Å². The Labute approximate surface area is 151 Å². The van der Waals surface area contributed by atoms with Gasteiger partial charge < -0.3 is 14.6 Å². The first-order valence-corrected chi connectivity index (χ1v) is 7.87. The Morgan fingerprint density at radius 3 is 2.17 bits per heavy atom. The van der Waals surface area contributed by atoms with Crippen molar-refractivity contribution in [2.24, 2.45) is 0 Å². The van der Waals surface area contributed by atoms with E-state index in [0.29, 0.717) is 16.9 Å². The molecule has 128 valence electrons. The van der Waals surface area contributed by atoms with Gasteiger partial charge in [-0.25, -0.2) is 0 Å². The van der Waals surface area contributed by atoms with E-state index in [1.54, 1.807) is 36.4 Å². The van der Waals surface area contributed by atoms with Gasteiger partial charge in [-0.2, -0.15) is 0 Å². The minimum Gasteiger partial charge on any atom is -0.508 e. The van der Waals surface area contributed by atoms with Gasteiger partial charge in [0.1, 0.15) is 27.3 Å². The highest BCUT2D eigenvalue weighted by atomic mass is 35.5. The summed E-state index contributed by atoms with van der Waals surface area (Å²) in [6, 6.07) is 11.6. The van der Waals surface area contributed by atoms with Crippen LogP contribution in [0.4, 0.5) is 0 Å². The summed E-state index contributed by atoms with van der Waals surface area (Å²) in [5, 5.41) is 19.8. The van der Waals surface area contributed by atoms with Crippen LogP contribution in [0.1, 0.15) is 26.8 Å². The highest BCUT2D eigenvalue weighted by Crippen LogP contribution is 2.34. The van der Waals surface area contributed by atoms with Crippen LogP contribution in [-0.2, 0) is 0 Å². The minimum atomic E-state index is 0. The Kier molecular flexibility index (Phi) is 7.20. The third-order valence-electron chi connectivity index (χ3n) is 3.05. The van der Waals surface area contributed by atoms with Crippen LogP contribution < -0.4 is 0 Å². The van der Waals surface area contributed by atoms with Crippen LogP contribution in [0.15, 0.2) is 51.4 Å². The van der Waals surface area contributed by atoms with Crippen LogP contribution in [0.25, 0.3) is 28.4 Å². The van der Waals surface area contributed by atoms with Gasteiger partial charge in [0.2, 0.25) is 0 Å². The van der Waals surface area contributed by atoms with Crippen molar-refractivity contribution >= 4 is 40.2 Å². The molecule has 0 amide bonds. The van der Waals surface area contributed by atoms with E-state index in [-0.39, 0.29) is 23.4 Å². The van der Waals surface area contributed by atoms with Gasteiger partial charge in [0.25, 0.3) is 0 Å². The average Bonchev–Trinajstić information content (AvgIpc) is 2.93. The lowest BCUT2D eigenvalue weighted by molar-refractivity contribution is 0.475. The Balaban J connectivity index is 0.000000925. The largest absolute Gasteiger partial charge is 0.508 e. The molecule has 1 heterocycles. The third kappa shape index (κ3) is 4.47. The topological polar surface area (TPSA) is 53.6 Å². The summed E-state index contributed by atoms with van der Waals surface area (Å²) in [5.41, 5.74) is 1.99. The molecule has 0 saturated carbocycles. The van der Waals surface area contributed by atoms with E-state index >= 15 is 0 Å². The number of hydrogen-bond donors (Lipinski definition) is 2. The van der Waals surface area contributed by atoms with Gasteiger partial charge in [0.15, 0.2) is 0 Å². The molecule has 0 aliphatic rings. The van der Waals surface area contributed by atoms with Crippen molar-refractivity contribution in [3.63, 3.8) is 0 Å². The zero-order valence-corrected chi connectivity index (χ0v) is 14.2. The Morgan fingerprint density at radius 1 is 0.958 bits per heavy atom. The molecule has 0 bridgehead atoms. The normalized spacial score (nSPS) is 9.67. The summed E-state index contributed by atoms with van der Waals surface area (Å²) in [6.07, 6.45) is 1.51. The molecule has 0 aliphatic heterocycles. The molecule has 2 N–H and O–H groups in total. The molecule has 0 saturated heterocycles. The van der Waals surface area contributed by atoms with Gasteiger partial charge in [-0.1, -0.05) is 44.5 Å². The number of phenolic OH excluding ortho intramolecular Hbond substituents is 2. The molecular weight excluding hydrogens is 347 g/mol. The molecule has 1 aromatic heterocycles. The number of aromatic hydroxyl groups is 2. The lowest BCUT2D eigenvalue weighted by Crippen LogP contribution is -1.75. The molecule has 3 rings (SSSR count). The fraction of sp³-hybridized carbons (Fsp3) is 0.158. The molecule has 0 aliphatic carbocycles. The van der Waals surface area contributed by atoms with Crippen molar-refractivity contribution in [1.82, 2.24) is 0 Å². The average molecular weight is 367 g/mol. The quantitative estimate of drug-likeness (QED) is 0.515. The summed E-state index contributed by atoms with van der Waals surface area (Å²) in [6.45, 7) is 4.00. The van der Waals surface area contributed by atoms with Gasteiger partial charge in [-0.3, -0.25) is 0 Å². The highest BCUT2D eigenvalue weighted by Gasteiger charge is 2.11. The van der Waals surface area contributed by atoms with Crippen molar-refractivity contribution < 1.29 is 14.6 Å². The van der Waals surface area contributed by atoms with Crippen LogP contribution in [0.3, 0.4) is 0 Å². The summed E-state index contributed by atoms with van der Waals surface area (Å²) >= 11 is 11.4. The lowest BCUT2D eigenvalue weighted by Gasteiger charge is -1.98. The molecule has 0 spiro atoms. The number of furan rings is 1. The van der Waals surface area contributed by atoms with E-state index in [1.807, 2.05) is 13.8 Å². The fourth-order valence-corrected chi connectivity index (χ4v) is 2.39. The Bertz CT molecular complexity index is 830. The maximum atomic E-state index is 9.75. The second kappa shape index (κ2) is 8.67. The number of fused-ring (bicyclic) bond motifs is 1. The fourth-order valence-electron chi connectivity index (χ4n) is 2.16. The second-order valence-electron chi connectivity index (χ2n) is 4.54. The van der Waals surface area contributed by atoms with E-state index in [2.05, 4.69) is 0 Å². The molecule has 0 atom stereocenters. The zero-order valence-electron chi connectivity index (χ0n) is 12.7. The molecule has 0 unspecified atom stereocenters. The molecule has 2 aromatic carbocycles. The first-order valence-electron chi connectivity index (χ1n) is 7.11. The highest BCUT2D eigenvalue weighted by molar-refractivity contribution is 6.57. The first kappa shape index (κ1) is 19.9. The summed E-state index contributed by atoms with van der Waals surface area (Å²) in [7, 11) is 0. The van der Waals surface area contributed by atoms with Crippen LogP contribution in [0.5, 0.6) is 11.5 Å². The van der Waals surface area contributed by atoms with Gasteiger partial charge in [0.05, 0.1) is 0 Å². The van der Waals surface area contributed by atoms with Crippen molar-refractivity contribution in [3.05, 3.63) is 52.5 Å². The monoisotopic (exact) mass is 366 g/mol. The van der Waals surface area contributed by atoms with Crippen LogP contribution in [-0.4, -0.2) is 10.2 Å². The van der Waals surface area contributed by atoms with Crippen LogP contribution in [0, 0.1) is 0 Å². The molecule has 0 fully saturated rings. The second-order valence-corrected chi connectivity index (χ2v) is 5.55. The number of phenols is 2. The number of rotatable bonds is 2. The Morgan fingerprint density at radius 2 is 1.58 bits per heavy atom. The molecule has 24 heavy (non-hydrogen) atoms. The van der Waals surface area contributed by atoms with E-state index < -0.39 is 0 Å². The molecule has 3 aromatic rings. The van der Waals surface area contributed by atoms with Crippen LogP contribution in [0.2, 0.25) is 0 Å². The van der Waals surface area contributed by atoms with Gasteiger partial charge in [-0.05, 0) is 48.5 Å². The van der Waals surface area contributed by atoms with Crippen molar-refractivity contribution in [1.29, 1.82) is 0 Å². The minimum absolute atomic E-state index is 0. The zero-order chi connectivity index (χ0) is 17.0. The van der Waals surface area contributed by atoms with E-state index in [4.69, 9.17) is 27.6 Å². The maximum absolute atomic E-state index is 9.75. The summed E-state index contributed by atoms with van der Waals surface area (Å²) in [5.74, 6) is 0.905. The first-order chi connectivity index (χ1) is 11.0. The van der Waals surface area contributed by atoms with Crippen molar-refractivity contribution in [3.8, 4) is 22.8 Å². The predicted molar refractivity (Wildman–Crippen MR) is 103 cm³/mol. The number of halogens is 2. The smallest absolute Gasteiger partial charge is 0.142 e. The number of hydrogen-bond acceptors (Lipinski definition) is 3. The Hall–Kier alpha value is -2.10. The molecule has 0 radical (unpaired) electrons. The molecule has 5 heteroatoms. The predicted octanol–water partition coefficient (Wildman–Crippen LogP) is 6.95. The maximum Gasteiger partial charge on any atom is 0.142 e.